The van der Waals surface area contributed by atoms with Crippen LogP contribution in [0, 0.1) is 0 Å². The maximum Gasteiger partial charge on any atom is 0.0923 e. The second kappa shape index (κ2) is 8.74. The van der Waals surface area contributed by atoms with Gasteiger partial charge in [0.15, 0.2) is 0 Å². The van der Waals surface area contributed by atoms with Crippen LogP contribution in [0.15, 0.2) is 65.3 Å². The molecule has 2 fully saturated rings. The van der Waals surface area contributed by atoms with Gasteiger partial charge in [0.05, 0.1) is 22.4 Å². The molecule has 30 heavy (non-hydrogen) atoms. The van der Waals surface area contributed by atoms with Crippen molar-refractivity contribution in [3.05, 3.63) is 70.3 Å². The molecule has 2 heterocycles. The molecule has 3 aromatic rings. The highest BCUT2D eigenvalue weighted by Crippen LogP contribution is 2.35. The molecule has 1 saturated heterocycles. The molecule has 0 spiro atoms. The molecule has 0 unspecified atom stereocenters. The number of rotatable bonds is 4. The van der Waals surface area contributed by atoms with Crippen LogP contribution >= 0.6 is 27.5 Å². The first-order valence-corrected chi connectivity index (χ1v) is 11.9. The van der Waals surface area contributed by atoms with Gasteiger partial charge in [-0.1, -0.05) is 51.8 Å². The summed E-state index contributed by atoms with van der Waals surface area (Å²) in [6.45, 7) is 4.29. The van der Waals surface area contributed by atoms with Crippen molar-refractivity contribution in [2.75, 3.05) is 31.1 Å². The van der Waals surface area contributed by atoms with Gasteiger partial charge in [-0.25, -0.2) is 0 Å². The van der Waals surface area contributed by atoms with Crippen LogP contribution in [-0.4, -0.2) is 46.9 Å². The third-order valence-electron chi connectivity index (χ3n) is 6.52. The van der Waals surface area contributed by atoms with E-state index in [9.17, 15) is 0 Å². The maximum absolute atomic E-state index is 6.39. The molecular weight excluding hydrogens is 460 g/mol. The molecule has 2 aromatic carbocycles. The Morgan fingerprint density at radius 3 is 2.37 bits per heavy atom. The molecule has 6 heteroatoms. The van der Waals surface area contributed by atoms with Gasteiger partial charge in [0.2, 0.25) is 0 Å². The summed E-state index contributed by atoms with van der Waals surface area (Å²) in [6.07, 6.45) is 5.80. The lowest BCUT2D eigenvalue weighted by molar-refractivity contribution is 0.183. The number of piperazine rings is 1. The van der Waals surface area contributed by atoms with Crippen molar-refractivity contribution in [1.82, 2.24) is 14.7 Å². The number of aromatic nitrogens is 2. The lowest BCUT2D eigenvalue weighted by atomic mass is 10.1. The Hall–Kier alpha value is -1.82. The number of halogens is 2. The summed E-state index contributed by atoms with van der Waals surface area (Å²) in [5.41, 5.74) is 3.39. The van der Waals surface area contributed by atoms with Crippen LogP contribution < -0.4 is 4.90 Å². The number of hydrogen-bond donors (Lipinski definition) is 0. The van der Waals surface area contributed by atoms with Crippen molar-refractivity contribution in [2.24, 2.45) is 0 Å². The highest BCUT2D eigenvalue weighted by molar-refractivity contribution is 9.10. The highest BCUT2D eigenvalue weighted by Gasteiger charge is 2.32. The molecule has 5 rings (SSSR count). The van der Waals surface area contributed by atoms with Crippen molar-refractivity contribution in [3.8, 4) is 11.3 Å². The fraction of sp³-hybridized carbons (Fsp3) is 0.375. The number of benzene rings is 2. The monoisotopic (exact) mass is 484 g/mol. The normalized spacial score (nSPS) is 22.5. The van der Waals surface area contributed by atoms with Gasteiger partial charge in [-0.2, -0.15) is 5.10 Å². The van der Waals surface area contributed by atoms with Crippen LogP contribution in [0.4, 0.5) is 5.69 Å². The van der Waals surface area contributed by atoms with E-state index < -0.39 is 0 Å². The van der Waals surface area contributed by atoms with Crippen molar-refractivity contribution in [1.29, 1.82) is 0 Å². The van der Waals surface area contributed by atoms with E-state index >= 15 is 0 Å². The molecule has 1 aliphatic heterocycles. The number of hydrogen-bond acceptors (Lipinski definition) is 3. The Bertz CT molecular complexity index is 994. The van der Waals surface area contributed by atoms with Gasteiger partial charge in [0.1, 0.15) is 0 Å². The second-order valence-electron chi connectivity index (χ2n) is 8.28. The molecule has 0 radical (unpaired) electrons. The van der Waals surface area contributed by atoms with E-state index in [0.717, 1.165) is 41.4 Å². The molecule has 0 amide bonds. The van der Waals surface area contributed by atoms with Gasteiger partial charge in [-0.3, -0.25) is 9.58 Å². The Labute approximate surface area is 191 Å². The topological polar surface area (TPSA) is 24.3 Å². The first-order valence-electron chi connectivity index (χ1n) is 10.7. The van der Waals surface area contributed by atoms with Crippen LogP contribution in [0.3, 0.4) is 0 Å². The van der Waals surface area contributed by atoms with Gasteiger partial charge >= 0.3 is 0 Å². The van der Waals surface area contributed by atoms with Gasteiger partial charge in [-0.15, -0.1) is 0 Å². The van der Waals surface area contributed by atoms with Gasteiger partial charge in [0.25, 0.3) is 0 Å². The van der Waals surface area contributed by atoms with E-state index in [4.69, 9.17) is 16.7 Å². The standard InChI is InChI=1S/C24H26BrClN4/c25-19-7-5-18(6-8-19)23-11-12-30(27-23)21-10-9-20(17-21)28-13-15-29(16-14-28)24-4-2-1-3-22(24)26/h1-8,11-12,20-21H,9-10,13-17H2/t20-,21-/m0/s1. The molecule has 1 saturated carbocycles. The molecule has 156 valence electrons. The zero-order valence-corrected chi connectivity index (χ0v) is 19.3. The van der Waals surface area contributed by atoms with Crippen molar-refractivity contribution in [2.45, 2.75) is 31.3 Å². The first kappa shape index (κ1) is 20.1. The molecule has 0 bridgehead atoms. The van der Waals surface area contributed by atoms with E-state index in [1.54, 1.807) is 0 Å². The minimum Gasteiger partial charge on any atom is -0.368 e. The van der Waals surface area contributed by atoms with E-state index in [-0.39, 0.29) is 0 Å². The van der Waals surface area contributed by atoms with Gasteiger partial charge in [0, 0.05) is 48.5 Å². The molecular formula is C24H26BrClN4. The second-order valence-corrected chi connectivity index (χ2v) is 9.61. The van der Waals surface area contributed by atoms with Crippen LogP contribution in [0.2, 0.25) is 5.02 Å². The molecule has 1 aromatic heterocycles. The largest absolute Gasteiger partial charge is 0.368 e. The summed E-state index contributed by atoms with van der Waals surface area (Å²) in [7, 11) is 0. The molecule has 2 atom stereocenters. The van der Waals surface area contributed by atoms with Crippen molar-refractivity contribution < 1.29 is 0 Å². The fourth-order valence-electron chi connectivity index (χ4n) is 4.86. The summed E-state index contributed by atoms with van der Waals surface area (Å²) in [5.74, 6) is 0. The maximum atomic E-state index is 6.39. The average molecular weight is 486 g/mol. The van der Waals surface area contributed by atoms with Crippen LogP contribution in [-0.2, 0) is 0 Å². The number of para-hydroxylation sites is 1. The van der Waals surface area contributed by atoms with Gasteiger partial charge < -0.3 is 4.90 Å². The third-order valence-corrected chi connectivity index (χ3v) is 7.37. The summed E-state index contributed by atoms with van der Waals surface area (Å²) in [4.78, 5) is 5.09. The Kier molecular flexibility index (Phi) is 5.85. The van der Waals surface area contributed by atoms with Crippen LogP contribution in [0.25, 0.3) is 11.3 Å². The summed E-state index contributed by atoms with van der Waals surface area (Å²) in [5, 5.41) is 5.75. The van der Waals surface area contributed by atoms with Crippen molar-refractivity contribution in [3.63, 3.8) is 0 Å². The lowest BCUT2D eigenvalue weighted by Crippen LogP contribution is -2.49. The van der Waals surface area contributed by atoms with E-state index in [2.05, 4.69) is 79.1 Å². The van der Waals surface area contributed by atoms with Crippen molar-refractivity contribution >= 4 is 33.2 Å². The Morgan fingerprint density at radius 2 is 1.60 bits per heavy atom. The summed E-state index contributed by atoms with van der Waals surface area (Å²) < 4.78 is 3.29. The van der Waals surface area contributed by atoms with Gasteiger partial charge in [-0.05, 0) is 49.6 Å². The van der Waals surface area contributed by atoms with Crippen LogP contribution in [0.1, 0.15) is 25.3 Å². The Balaban J connectivity index is 1.19. The van der Waals surface area contributed by atoms with Crippen LogP contribution in [0.5, 0.6) is 0 Å². The summed E-state index contributed by atoms with van der Waals surface area (Å²) in [6, 6.07) is 19.9. The molecule has 0 N–H and O–H groups in total. The molecule has 1 aliphatic carbocycles. The SMILES string of the molecule is Clc1ccccc1N1CCN([C@H]2CC[C@H](n3ccc(-c4ccc(Br)cc4)n3)C2)CC1. The Morgan fingerprint density at radius 1 is 0.867 bits per heavy atom. The zero-order chi connectivity index (χ0) is 20.5. The third kappa shape index (κ3) is 4.16. The minimum absolute atomic E-state index is 0.501. The van der Waals surface area contributed by atoms with E-state index in [0.29, 0.717) is 12.1 Å². The minimum atomic E-state index is 0.501. The fourth-order valence-corrected chi connectivity index (χ4v) is 5.38. The molecule has 4 nitrogen and oxygen atoms in total. The smallest absolute Gasteiger partial charge is 0.0923 e. The lowest BCUT2D eigenvalue weighted by Gasteiger charge is -2.39. The average Bonchev–Trinajstić information content (AvgIpc) is 3.45. The predicted octanol–water partition coefficient (Wildman–Crippen LogP) is 5.88. The summed E-state index contributed by atoms with van der Waals surface area (Å²) >= 11 is 9.90. The predicted molar refractivity (Wildman–Crippen MR) is 127 cm³/mol. The first-order chi connectivity index (χ1) is 14.7. The zero-order valence-electron chi connectivity index (χ0n) is 16.9. The molecule has 2 aliphatic rings. The number of nitrogens with zero attached hydrogens (tertiary/aromatic N) is 4. The quantitative estimate of drug-likeness (QED) is 0.461. The van der Waals surface area contributed by atoms with E-state index in [1.807, 2.05) is 12.1 Å². The van der Waals surface area contributed by atoms with E-state index in [1.165, 1.54) is 30.5 Å². The highest BCUT2D eigenvalue weighted by atomic mass is 79.9. The number of anilines is 1.